The maximum atomic E-state index is 5.40. The molecule has 0 unspecified atom stereocenters. The Labute approximate surface area is 114 Å². The van der Waals surface area contributed by atoms with E-state index in [0.717, 1.165) is 38.0 Å². The van der Waals surface area contributed by atoms with Gasteiger partial charge in [-0.2, -0.15) is 0 Å². The molecule has 18 heavy (non-hydrogen) atoms. The molecule has 0 aliphatic rings. The van der Waals surface area contributed by atoms with Crippen LogP contribution >= 0.6 is 11.3 Å². The number of thiazole rings is 1. The van der Waals surface area contributed by atoms with Gasteiger partial charge in [0.05, 0.1) is 6.61 Å². The van der Waals surface area contributed by atoms with Crippen molar-refractivity contribution in [1.82, 2.24) is 10.3 Å². The molecule has 0 radical (unpaired) electrons. The van der Waals surface area contributed by atoms with Crippen LogP contribution in [0.15, 0.2) is 6.20 Å². The van der Waals surface area contributed by atoms with E-state index in [4.69, 9.17) is 4.74 Å². The second kappa shape index (κ2) is 8.45. The van der Waals surface area contributed by atoms with E-state index in [1.807, 2.05) is 13.1 Å². The molecule has 0 amide bonds. The van der Waals surface area contributed by atoms with Gasteiger partial charge in [0.2, 0.25) is 0 Å². The summed E-state index contributed by atoms with van der Waals surface area (Å²) in [5, 5.41) is 4.51. The summed E-state index contributed by atoms with van der Waals surface area (Å²) in [6, 6.07) is 0.510. The van der Waals surface area contributed by atoms with Crippen LogP contribution in [-0.4, -0.2) is 37.3 Å². The van der Waals surface area contributed by atoms with Crippen molar-refractivity contribution in [1.29, 1.82) is 0 Å². The Kier molecular flexibility index (Phi) is 7.23. The van der Waals surface area contributed by atoms with Crippen LogP contribution in [0.4, 0.5) is 5.13 Å². The van der Waals surface area contributed by atoms with Crippen LogP contribution in [-0.2, 0) is 11.3 Å². The van der Waals surface area contributed by atoms with Gasteiger partial charge in [-0.3, -0.25) is 0 Å². The number of nitrogens with zero attached hydrogens (tertiary/aromatic N) is 2. The lowest BCUT2D eigenvalue weighted by atomic mass is 10.4. The lowest BCUT2D eigenvalue weighted by Gasteiger charge is -2.19. The SMILES string of the molecule is CCOCCN(CC)c1ncc(CNC(C)C)s1. The Balaban J connectivity index is 2.47. The fraction of sp³-hybridized carbons (Fsp3) is 0.769. The molecule has 1 aromatic rings. The molecule has 5 heteroatoms. The fourth-order valence-electron chi connectivity index (χ4n) is 1.54. The third-order valence-electron chi connectivity index (χ3n) is 2.59. The molecule has 1 heterocycles. The molecular weight excluding hydrogens is 246 g/mol. The highest BCUT2D eigenvalue weighted by Crippen LogP contribution is 2.22. The smallest absolute Gasteiger partial charge is 0.185 e. The number of likely N-dealkylation sites (N-methyl/N-ethyl adjacent to an activating group) is 1. The maximum Gasteiger partial charge on any atom is 0.185 e. The average Bonchev–Trinajstić information content (AvgIpc) is 2.81. The first-order valence-corrected chi connectivity index (χ1v) is 7.49. The van der Waals surface area contributed by atoms with Gasteiger partial charge in [0.1, 0.15) is 0 Å². The zero-order valence-corrected chi connectivity index (χ0v) is 12.7. The summed E-state index contributed by atoms with van der Waals surface area (Å²) in [5.41, 5.74) is 0. The Hall–Kier alpha value is -0.650. The zero-order chi connectivity index (χ0) is 13.4. The second-order valence-corrected chi connectivity index (χ2v) is 5.51. The van der Waals surface area contributed by atoms with Gasteiger partial charge in [-0.15, -0.1) is 11.3 Å². The van der Waals surface area contributed by atoms with Gasteiger partial charge in [-0.05, 0) is 13.8 Å². The van der Waals surface area contributed by atoms with E-state index in [2.05, 4.69) is 36.0 Å². The van der Waals surface area contributed by atoms with Gasteiger partial charge in [0.15, 0.2) is 5.13 Å². The standard InChI is InChI=1S/C13H25N3OS/c1-5-16(7-8-17-6-2)13-15-10-12(18-13)9-14-11(3)4/h10-11,14H,5-9H2,1-4H3. The van der Waals surface area contributed by atoms with Crippen molar-refractivity contribution < 1.29 is 4.74 Å². The Morgan fingerprint density at radius 3 is 2.83 bits per heavy atom. The third kappa shape index (κ3) is 5.33. The predicted molar refractivity (Wildman–Crippen MR) is 78.5 cm³/mol. The third-order valence-corrected chi connectivity index (χ3v) is 3.65. The molecule has 0 aromatic carbocycles. The number of ether oxygens (including phenoxy) is 1. The lowest BCUT2D eigenvalue weighted by molar-refractivity contribution is 0.154. The van der Waals surface area contributed by atoms with E-state index in [1.165, 1.54) is 4.88 Å². The molecule has 104 valence electrons. The average molecular weight is 271 g/mol. The molecule has 4 nitrogen and oxygen atoms in total. The second-order valence-electron chi connectivity index (χ2n) is 4.42. The molecule has 1 aromatic heterocycles. The summed E-state index contributed by atoms with van der Waals surface area (Å²) < 4.78 is 5.40. The largest absolute Gasteiger partial charge is 0.380 e. The van der Waals surface area contributed by atoms with Crippen LogP contribution in [0, 0.1) is 0 Å². The molecule has 1 rings (SSSR count). The fourth-order valence-corrected chi connectivity index (χ4v) is 2.49. The summed E-state index contributed by atoms with van der Waals surface area (Å²) in [4.78, 5) is 8.04. The van der Waals surface area contributed by atoms with Crippen molar-refractivity contribution in [3.8, 4) is 0 Å². The normalized spacial score (nSPS) is 11.2. The van der Waals surface area contributed by atoms with E-state index >= 15 is 0 Å². The number of anilines is 1. The van der Waals surface area contributed by atoms with Crippen molar-refractivity contribution in [3.63, 3.8) is 0 Å². The monoisotopic (exact) mass is 271 g/mol. The van der Waals surface area contributed by atoms with E-state index in [9.17, 15) is 0 Å². The highest BCUT2D eigenvalue weighted by molar-refractivity contribution is 7.15. The molecule has 0 spiro atoms. The minimum atomic E-state index is 0.510. The van der Waals surface area contributed by atoms with Crippen molar-refractivity contribution in [2.45, 2.75) is 40.3 Å². The zero-order valence-electron chi connectivity index (χ0n) is 11.9. The van der Waals surface area contributed by atoms with E-state index in [0.29, 0.717) is 6.04 Å². The van der Waals surface area contributed by atoms with Crippen LogP contribution in [0.3, 0.4) is 0 Å². The van der Waals surface area contributed by atoms with E-state index in [-0.39, 0.29) is 0 Å². The maximum absolute atomic E-state index is 5.40. The van der Waals surface area contributed by atoms with Crippen molar-refractivity contribution in [2.75, 3.05) is 31.2 Å². The van der Waals surface area contributed by atoms with Crippen LogP contribution in [0.1, 0.15) is 32.6 Å². The van der Waals surface area contributed by atoms with E-state index < -0.39 is 0 Å². The molecule has 0 saturated heterocycles. The minimum absolute atomic E-state index is 0.510. The van der Waals surface area contributed by atoms with Gasteiger partial charge >= 0.3 is 0 Å². The van der Waals surface area contributed by atoms with Gasteiger partial charge in [0, 0.05) is 43.4 Å². The first-order chi connectivity index (χ1) is 8.67. The Morgan fingerprint density at radius 1 is 1.44 bits per heavy atom. The minimum Gasteiger partial charge on any atom is -0.380 e. The molecule has 0 aliphatic carbocycles. The van der Waals surface area contributed by atoms with Crippen LogP contribution in [0.5, 0.6) is 0 Å². The molecule has 0 saturated carbocycles. The van der Waals surface area contributed by atoms with Gasteiger partial charge < -0.3 is 15.0 Å². The topological polar surface area (TPSA) is 37.4 Å². The number of hydrogen-bond acceptors (Lipinski definition) is 5. The van der Waals surface area contributed by atoms with Crippen LogP contribution < -0.4 is 10.2 Å². The first-order valence-electron chi connectivity index (χ1n) is 6.68. The summed E-state index contributed by atoms with van der Waals surface area (Å²) in [6.45, 7) is 12.8. The molecule has 0 fully saturated rings. The van der Waals surface area contributed by atoms with Gasteiger partial charge in [-0.25, -0.2) is 4.98 Å². The molecule has 0 atom stereocenters. The first kappa shape index (κ1) is 15.4. The summed E-state index contributed by atoms with van der Waals surface area (Å²) in [7, 11) is 0. The lowest BCUT2D eigenvalue weighted by Crippen LogP contribution is -2.26. The van der Waals surface area contributed by atoms with Gasteiger partial charge in [-0.1, -0.05) is 13.8 Å². The summed E-state index contributed by atoms with van der Waals surface area (Å²) in [6.07, 6.45) is 1.97. The number of hydrogen-bond donors (Lipinski definition) is 1. The van der Waals surface area contributed by atoms with Crippen molar-refractivity contribution in [3.05, 3.63) is 11.1 Å². The Bertz CT molecular complexity index is 328. The van der Waals surface area contributed by atoms with Crippen molar-refractivity contribution >= 4 is 16.5 Å². The highest BCUT2D eigenvalue weighted by atomic mass is 32.1. The van der Waals surface area contributed by atoms with Crippen LogP contribution in [0.25, 0.3) is 0 Å². The quantitative estimate of drug-likeness (QED) is 0.700. The highest BCUT2D eigenvalue weighted by Gasteiger charge is 2.09. The summed E-state index contributed by atoms with van der Waals surface area (Å²) in [5.74, 6) is 0. The molecule has 0 bridgehead atoms. The number of aromatic nitrogens is 1. The molecule has 1 N–H and O–H groups in total. The van der Waals surface area contributed by atoms with E-state index in [1.54, 1.807) is 11.3 Å². The summed E-state index contributed by atoms with van der Waals surface area (Å²) >= 11 is 1.76. The number of rotatable bonds is 9. The number of nitrogens with one attached hydrogen (secondary N) is 1. The molecular formula is C13H25N3OS. The van der Waals surface area contributed by atoms with Crippen molar-refractivity contribution in [2.24, 2.45) is 0 Å². The van der Waals surface area contributed by atoms with Crippen LogP contribution in [0.2, 0.25) is 0 Å². The molecule has 0 aliphatic heterocycles. The van der Waals surface area contributed by atoms with Gasteiger partial charge in [0.25, 0.3) is 0 Å². The Morgan fingerprint density at radius 2 is 2.22 bits per heavy atom. The predicted octanol–water partition coefficient (Wildman–Crippen LogP) is 2.50.